The summed E-state index contributed by atoms with van der Waals surface area (Å²) in [4.78, 5) is 36.7. The van der Waals surface area contributed by atoms with Crippen molar-refractivity contribution in [3.05, 3.63) is 108 Å². The van der Waals surface area contributed by atoms with Gasteiger partial charge < -0.3 is 10.1 Å². The first-order valence-corrected chi connectivity index (χ1v) is 9.02. The molecule has 5 heteroatoms. The highest BCUT2D eigenvalue weighted by Gasteiger charge is 2.15. The number of hydrogen-bond acceptors (Lipinski definition) is 4. The first-order valence-electron chi connectivity index (χ1n) is 9.02. The summed E-state index contributed by atoms with van der Waals surface area (Å²) >= 11 is 0. The Morgan fingerprint density at radius 2 is 1.41 bits per heavy atom. The minimum Gasteiger partial charge on any atom is -0.452 e. The van der Waals surface area contributed by atoms with Crippen molar-refractivity contribution in [2.24, 2.45) is 0 Å². The van der Waals surface area contributed by atoms with Crippen molar-refractivity contribution in [1.82, 2.24) is 0 Å². The molecule has 3 rings (SSSR count). The van der Waals surface area contributed by atoms with E-state index in [0.717, 1.165) is 5.56 Å². The van der Waals surface area contributed by atoms with Gasteiger partial charge in [0.2, 0.25) is 0 Å². The Morgan fingerprint density at radius 1 is 0.793 bits per heavy atom. The lowest BCUT2D eigenvalue weighted by Crippen LogP contribution is -2.21. The van der Waals surface area contributed by atoms with Crippen LogP contribution in [0.25, 0.3) is 6.08 Å². The molecule has 0 aliphatic heterocycles. The molecule has 0 fully saturated rings. The number of amides is 1. The standard InChI is InChI=1S/C24H19NO4/c26-22(17-29-23(27)16-15-18-9-3-1-4-10-18)25-21-14-8-7-13-20(21)24(28)19-11-5-2-6-12-19/h1-16H,17H2,(H,25,26). The predicted molar refractivity (Wildman–Crippen MR) is 111 cm³/mol. The Balaban J connectivity index is 1.59. The smallest absolute Gasteiger partial charge is 0.331 e. The van der Waals surface area contributed by atoms with Crippen molar-refractivity contribution >= 4 is 29.4 Å². The van der Waals surface area contributed by atoms with E-state index in [-0.39, 0.29) is 5.78 Å². The molecule has 144 valence electrons. The molecule has 5 nitrogen and oxygen atoms in total. The Hall–Kier alpha value is -3.99. The number of para-hydroxylation sites is 1. The summed E-state index contributed by atoms with van der Waals surface area (Å²) in [7, 11) is 0. The molecule has 0 heterocycles. The molecule has 1 N–H and O–H groups in total. The van der Waals surface area contributed by atoms with Crippen molar-refractivity contribution in [1.29, 1.82) is 0 Å². The van der Waals surface area contributed by atoms with Crippen LogP contribution in [0.1, 0.15) is 21.5 Å². The molecule has 0 saturated carbocycles. The lowest BCUT2D eigenvalue weighted by atomic mass is 10.0. The van der Waals surface area contributed by atoms with E-state index in [9.17, 15) is 14.4 Å². The van der Waals surface area contributed by atoms with E-state index in [2.05, 4.69) is 5.32 Å². The van der Waals surface area contributed by atoms with Gasteiger partial charge in [0.1, 0.15) is 0 Å². The third kappa shape index (κ3) is 5.74. The predicted octanol–water partition coefficient (Wildman–Crippen LogP) is 4.11. The van der Waals surface area contributed by atoms with Gasteiger partial charge in [-0.05, 0) is 23.8 Å². The van der Waals surface area contributed by atoms with Crippen LogP contribution in [0.5, 0.6) is 0 Å². The van der Waals surface area contributed by atoms with E-state index in [1.54, 1.807) is 54.6 Å². The molecular formula is C24H19NO4. The van der Waals surface area contributed by atoms with E-state index in [4.69, 9.17) is 4.74 Å². The van der Waals surface area contributed by atoms with Crippen LogP contribution in [0.3, 0.4) is 0 Å². The molecular weight excluding hydrogens is 366 g/mol. The van der Waals surface area contributed by atoms with E-state index in [0.29, 0.717) is 16.8 Å². The summed E-state index contributed by atoms with van der Waals surface area (Å²) in [6, 6.07) is 24.8. The van der Waals surface area contributed by atoms with Crippen LogP contribution >= 0.6 is 0 Å². The zero-order valence-electron chi connectivity index (χ0n) is 15.6. The van der Waals surface area contributed by atoms with Gasteiger partial charge in [-0.2, -0.15) is 0 Å². The van der Waals surface area contributed by atoms with Gasteiger partial charge in [0, 0.05) is 17.2 Å². The van der Waals surface area contributed by atoms with Crippen LogP contribution < -0.4 is 5.32 Å². The second kappa shape index (κ2) is 9.80. The largest absolute Gasteiger partial charge is 0.452 e. The first-order chi connectivity index (χ1) is 14.1. The topological polar surface area (TPSA) is 72.5 Å². The fourth-order valence-corrected chi connectivity index (χ4v) is 2.63. The molecule has 0 aliphatic carbocycles. The van der Waals surface area contributed by atoms with E-state index in [1.807, 2.05) is 36.4 Å². The summed E-state index contributed by atoms with van der Waals surface area (Å²) in [6.45, 7) is -0.453. The summed E-state index contributed by atoms with van der Waals surface area (Å²) in [5.74, 6) is -1.36. The molecule has 3 aromatic carbocycles. The number of hydrogen-bond donors (Lipinski definition) is 1. The number of anilines is 1. The van der Waals surface area contributed by atoms with Gasteiger partial charge in [0.25, 0.3) is 5.91 Å². The molecule has 3 aromatic rings. The Kier molecular flexibility index (Phi) is 6.68. The van der Waals surface area contributed by atoms with Crippen LogP contribution in [-0.4, -0.2) is 24.3 Å². The minimum absolute atomic E-state index is 0.204. The Morgan fingerprint density at radius 3 is 2.14 bits per heavy atom. The fraction of sp³-hybridized carbons (Fsp3) is 0.0417. The van der Waals surface area contributed by atoms with Gasteiger partial charge in [0.15, 0.2) is 12.4 Å². The summed E-state index contributed by atoms with van der Waals surface area (Å²) in [5, 5.41) is 2.63. The number of rotatable bonds is 7. The molecule has 0 atom stereocenters. The number of ether oxygens (including phenoxy) is 1. The molecule has 0 aliphatic rings. The molecule has 0 spiro atoms. The minimum atomic E-state index is -0.627. The summed E-state index contributed by atoms with van der Waals surface area (Å²) in [5.41, 5.74) is 2.10. The lowest BCUT2D eigenvalue weighted by molar-refractivity contribution is -0.142. The monoisotopic (exact) mass is 385 g/mol. The number of esters is 1. The van der Waals surface area contributed by atoms with E-state index < -0.39 is 18.5 Å². The van der Waals surface area contributed by atoms with Crippen molar-refractivity contribution in [3.63, 3.8) is 0 Å². The van der Waals surface area contributed by atoms with Crippen molar-refractivity contribution < 1.29 is 19.1 Å². The second-order valence-electron chi connectivity index (χ2n) is 6.14. The van der Waals surface area contributed by atoms with Crippen LogP contribution in [0.15, 0.2) is 91.0 Å². The van der Waals surface area contributed by atoms with Crippen LogP contribution in [-0.2, 0) is 14.3 Å². The maximum atomic E-state index is 12.7. The Labute approximate surface area is 168 Å². The third-order valence-corrected chi connectivity index (χ3v) is 4.04. The fourth-order valence-electron chi connectivity index (χ4n) is 2.63. The number of ketones is 1. The van der Waals surface area contributed by atoms with Crippen LogP contribution in [0, 0.1) is 0 Å². The maximum Gasteiger partial charge on any atom is 0.331 e. The van der Waals surface area contributed by atoms with Gasteiger partial charge in [-0.25, -0.2) is 4.79 Å². The zero-order valence-corrected chi connectivity index (χ0v) is 15.6. The normalized spacial score (nSPS) is 10.5. The van der Waals surface area contributed by atoms with Gasteiger partial charge in [-0.15, -0.1) is 0 Å². The maximum absolute atomic E-state index is 12.7. The SMILES string of the molecule is O=C(COC(=O)C=Cc1ccccc1)Nc1ccccc1C(=O)c1ccccc1. The third-order valence-electron chi connectivity index (χ3n) is 4.04. The molecule has 0 radical (unpaired) electrons. The average Bonchev–Trinajstić information content (AvgIpc) is 2.77. The highest BCUT2D eigenvalue weighted by molar-refractivity contribution is 6.13. The van der Waals surface area contributed by atoms with E-state index in [1.165, 1.54) is 6.08 Å². The molecule has 0 aromatic heterocycles. The quantitative estimate of drug-likeness (QED) is 0.377. The average molecular weight is 385 g/mol. The molecule has 0 unspecified atom stereocenters. The zero-order chi connectivity index (χ0) is 20.5. The van der Waals surface area contributed by atoms with E-state index >= 15 is 0 Å². The summed E-state index contributed by atoms with van der Waals surface area (Å²) in [6.07, 6.45) is 2.86. The van der Waals surface area contributed by atoms with Crippen LogP contribution in [0.2, 0.25) is 0 Å². The molecule has 0 bridgehead atoms. The number of benzene rings is 3. The molecule has 29 heavy (non-hydrogen) atoms. The Bertz CT molecular complexity index is 1030. The number of carbonyl (C=O) groups is 3. The van der Waals surface area contributed by atoms with Crippen molar-refractivity contribution in [2.75, 3.05) is 11.9 Å². The van der Waals surface area contributed by atoms with Gasteiger partial charge in [0.05, 0.1) is 5.69 Å². The highest BCUT2D eigenvalue weighted by Crippen LogP contribution is 2.19. The highest BCUT2D eigenvalue weighted by atomic mass is 16.5. The van der Waals surface area contributed by atoms with Crippen LogP contribution in [0.4, 0.5) is 5.69 Å². The number of carbonyl (C=O) groups excluding carboxylic acids is 3. The first kappa shape index (κ1) is 19.8. The van der Waals surface area contributed by atoms with Crippen molar-refractivity contribution in [2.45, 2.75) is 0 Å². The second-order valence-corrected chi connectivity index (χ2v) is 6.14. The van der Waals surface area contributed by atoms with Crippen molar-refractivity contribution in [3.8, 4) is 0 Å². The van der Waals surface area contributed by atoms with Gasteiger partial charge in [-0.1, -0.05) is 72.8 Å². The van der Waals surface area contributed by atoms with Gasteiger partial charge in [-0.3, -0.25) is 9.59 Å². The molecule has 1 amide bonds. The molecule has 0 saturated heterocycles. The lowest BCUT2D eigenvalue weighted by Gasteiger charge is -2.10. The number of nitrogens with one attached hydrogen (secondary N) is 1. The van der Waals surface area contributed by atoms with Gasteiger partial charge >= 0.3 is 5.97 Å². The summed E-state index contributed by atoms with van der Waals surface area (Å²) < 4.78 is 4.96.